The van der Waals surface area contributed by atoms with Crippen LogP contribution in [0.25, 0.3) is 0 Å². The number of carbonyl (C=O) groups is 2. The lowest BCUT2D eigenvalue weighted by atomic mass is 10.1. The van der Waals surface area contributed by atoms with Crippen molar-refractivity contribution in [2.45, 2.75) is 38.3 Å². The van der Waals surface area contributed by atoms with E-state index in [1.165, 1.54) is 24.3 Å². The zero-order valence-corrected chi connectivity index (χ0v) is 15.7. The van der Waals surface area contributed by atoms with Crippen LogP contribution in [0.1, 0.15) is 26.2 Å². The van der Waals surface area contributed by atoms with Gasteiger partial charge in [0.2, 0.25) is 11.8 Å². The van der Waals surface area contributed by atoms with Gasteiger partial charge in [0.1, 0.15) is 11.9 Å². The van der Waals surface area contributed by atoms with Crippen LogP contribution in [-0.4, -0.2) is 66.4 Å². The van der Waals surface area contributed by atoms with Crippen LogP contribution in [0.2, 0.25) is 0 Å². The summed E-state index contributed by atoms with van der Waals surface area (Å²) in [5.41, 5.74) is 6.90. The van der Waals surface area contributed by atoms with Crippen molar-refractivity contribution in [1.29, 1.82) is 0 Å². The second kappa shape index (κ2) is 9.25. The van der Waals surface area contributed by atoms with E-state index in [0.29, 0.717) is 37.9 Å². The van der Waals surface area contributed by atoms with Gasteiger partial charge in [0.05, 0.1) is 6.54 Å². The number of hydrogen-bond acceptors (Lipinski definition) is 5. The minimum absolute atomic E-state index is 0.134. The van der Waals surface area contributed by atoms with Gasteiger partial charge in [0.15, 0.2) is 0 Å². The molecule has 2 amide bonds. The largest absolute Gasteiger partial charge is 0.339 e. The number of benzene rings is 1. The number of hydrazine groups is 1. The summed E-state index contributed by atoms with van der Waals surface area (Å²) in [6, 6.07) is 5.92. The van der Waals surface area contributed by atoms with Crippen LogP contribution in [0.5, 0.6) is 0 Å². The molecular formula is C19H28FN5O2. The van der Waals surface area contributed by atoms with E-state index in [2.05, 4.69) is 23.1 Å². The average Bonchev–Trinajstić information content (AvgIpc) is 3.13. The molecule has 7 nitrogen and oxygen atoms in total. The van der Waals surface area contributed by atoms with Crippen LogP contribution in [0.4, 0.5) is 10.1 Å². The van der Waals surface area contributed by atoms with E-state index >= 15 is 0 Å². The molecule has 148 valence electrons. The lowest BCUT2D eigenvalue weighted by Gasteiger charge is -2.35. The number of anilines is 1. The molecule has 2 heterocycles. The molecule has 2 aliphatic rings. The van der Waals surface area contributed by atoms with Crippen LogP contribution < -0.4 is 16.2 Å². The van der Waals surface area contributed by atoms with Gasteiger partial charge in [-0.25, -0.2) is 9.82 Å². The monoisotopic (exact) mass is 377 g/mol. The summed E-state index contributed by atoms with van der Waals surface area (Å²) in [4.78, 5) is 28.7. The molecule has 8 heteroatoms. The SMILES string of the molecule is CCCC1CC(C(=O)N2CCN(CC(=O)Nc3ccc(F)cc3)CC2)NN1. The summed E-state index contributed by atoms with van der Waals surface area (Å²) >= 11 is 0. The molecule has 27 heavy (non-hydrogen) atoms. The molecule has 0 spiro atoms. The Morgan fingerprint density at radius 3 is 2.52 bits per heavy atom. The molecule has 1 aromatic carbocycles. The molecule has 3 N–H and O–H groups in total. The maximum absolute atomic E-state index is 12.9. The summed E-state index contributed by atoms with van der Waals surface area (Å²) in [6.07, 6.45) is 2.99. The molecule has 2 atom stereocenters. The Bertz CT molecular complexity index is 646. The Kier molecular flexibility index (Phi) is 6.76. The van der Waals surface area contributed by atoms with Crippen LogP contribution in [0, 0.1) is 5.82 Å². The normalized spacial score (nSPS) is 23.4. The Morgan fingerprint density at radius 2 is 1.85 bits per heavy atom. The van der Waals surface area contributed by atoms with Gasteiger partial charge in [-0.2, -0.15) is 0 Å². The first kappa shape index (κ1) is 19.7. The predicted octanol–water partition coefficient (Wildman–Crippen LogP) is 0.944. The quantitative estimate of drug-likeness (QED) is 0.688. The van der Waals surface area contributed by atoms with Gasteiger partial charge >= 0.3 is 0 Å². The Hall–Kier alpha value is -2.03. The maximum atomic E-state index is 12.9. The number of nitrogens with zero attached hydrogens (tertiary/aromatic N) is 2. The fourth-order valence-corrected chi connectivity index (χ4v) is 3.61. The van der Waals surface area contributed by atoms with Crippen molar-refractivity contribution >= 4 is 17.5 Å². The van der Waals surface area contributed by atoms with Crippen molar-refractivity contribution in [1.82, 2.24) is 20.7 Å². The van der Waals surface area contributed by atoms with Gasteiger partial charge in [0.25, 0.3) is 0 Å². The van der Waals surface area contributed by atoms with E-state index in [0.717, 1.165) is 19.3 Å². The zero-order chi connectivity index (χ0) is 19.2. The number of halogens is 1. The summed E-state index contributed by atoms with van der Waals surface area (Å²) in [7, 11) is 0. The Labute approximate surface area is 159 Å². The first-order valence-corrected chi connectivity index (χ1v) is 9.62. The van der Waals surface area contributed by atoms with Gasteiger partial charge < -0.3 is 10.2 Å². The predicted molar refractivity (Wildman–Crippen MR) is 101 cm³/mol. The number of rotatable bonds is 6. The molecule has 0 aromatic heterocycles. The Morgan fingerprint density at radius 1 is 1.15 bits per heavy atom. The van der Waals surface area contributed by atoms with Gasteiger partial charge in [0, 0.05) is 37.9 Å². The third-order valence-corrected chi connectivity index (χ3v) is 5.10. The van der Waals surface area contributed by atoms with Gasteiger partial charge in [-0.05, 0) is 37.1 Å². The van der Waals surface area contributed by atoms with Crippen molar-refractivity contribution in [2.24, 2.45) is 0 Å². The third-order valence-electron chi connectivity index (χ3n) is 5.10. The van der Waals surface area contributed by atoms with E-state index in [1.54, 1.807) is 0 Å². The van der Waals surface area contributed by atoms with Crippen molar-refractivity contribution in [3.05, 3.63) is 30.1 Å². The highest BCUT2D eigenvalue weighted by molar-refractivity contribution is 5.92. The molecule has 2 saturated heterocycles. The van der Waals surface area contributed by atoms with Crippen LogP contribution in [-0.2, 0) is 9.59 Å². The molecule has 0 bridgehead atoms. The fourth-order valence-electron chi connectivity index (χ4n) is 3.61. The van der Waals surface area contributed by atoms with E-state index in [1.807, 2.05) is 9.80 Å². The minimum Gasteiger partial charge on any atom is -0.339 e. The van der Waals surface area contributed by atoms with Gasteiger partial charge in [-0.15, -0.1) is 0 Å². The number of nitrogens with one attached hydrogen (secondary N) is 3. The number of piperazine rings is 1. The average molecular weight is 377 g/mol. The number of carbonyl (C=O) groups excluding carboxylic acids is 2. The van der Waals surface area contributed by atoms with Crippen LogP contribution in [0.3, 0.4) is 0 Å². The second-order valence-corrected chi connectivity index (χ2v) is 7.22. The molecule has 2 fully saturated rings. The molecule has 3 rings (SSSR count). The minimum atomic E-state index is -0.332. The van der Waals surface area contributed by atoms with E-state index in [-0.39, 0.29) is 30.2 Å². The maximum Gasteiger partial charge on any atom is 0.241 e. The van der Waals surface area contributed by atoms with E-state index < -0.39 is 0 Å². The lowest BCUT2D eigenvalue weighted by Crippen LogP contribution is -2.54. The fraction of sp³-hybridized carbons (Fsp3) is 0.579. The molecule has 1 aromatic rings. The molecule has 2 unspecified atom stereocenters. The van der Waals surface area contributed by atoms with Crippen molar-refractivity contribution in [3.8, 4) is 0 Å². The second-order valence-electron chi connectivity index (χ2n) is 7.22. The lowest BCUT2D eigenvalue weighted by molar-refractivity contribution is -0.135. The van der Waals surface area contributed by atoms with Gasteiger partial charge in [-0.3, -0.25) is 19.9 Å². The molecule has 0 saturated carbocycles. The van der Waals surface area contributed by atoms with Crippen molar-refractivity contribution in [2.75, 3.05) is 38.0 Å². The third kappa shape index (κ3) is 5.47. The summed E-state index contributed by atoms with van der Waals surface area (Å²) < 4.78 is 12.9. The summed E-state index contributed by atoms with van der Waals surface area (Å²) in [5, 5.41) is 2.77. The zero-order valence-electron chi connectivity index (χ0n) is 15.7. The summed E-state index contributed by atoms with van der Waals surface area (Å²) in [6.45, 7) is 4.99. The highest BCUT2D eigenvalue weighted by atomic mass is 19.1. The highest BCUT2D eigenvalue weighted by Crippen LogP contribution is 2.14. The topological polar surface area (TPSA) is 76.7 Å². The molecule has 0 radical (unpaired) electrons. The first-order valence-electron chi connectivity index (χ1n) is 9.62. The number of hydrogen-bond donors (Lipinski definition) is 3. The number of amides is 2. The van der Waals surface area contributed by atoms with Crippen LogP contribution in [0.15, 0.2) is 24.3 Å². The highest BCUT2D eigenvalue weighted by Gasteiger charge is 2.33. The Balaban J connectivity index is 1.40. The van der Waals surface area contributed by atoms with E-state index in [4.69, 9.17) is 0 Å². The molecule has 2 aliphatic heterocycles. The van der Waals surface area contributed by atoms with Gasteiger partial charge in [-0.1, -0.05) is 13.3 Å². The summed E-state index contributed by atoms with van der Waals surface area (Å²) in [5.74, 6) is -0.330. The standard InChI is InChI=1S/C19H28FN5O2/c1-2-3-16-12-17(23-22-16)19(27)25-10-8-24(9-11-25)13-18(26)21-15-6-4-14(20)5-7-15/h4-7,16-17,22-23H,2-3,8-13H2,1H3,(H,21,26). The first-order chi connectivity index (χ1) is 13.0. The van der Waals surface area contributed by atoms with Crippen molar-refractivity contribution in [3.63, 3.8) is 0 Å². The van der Waals surface area contributed by atoms with E-state index in [9.17, 15) is 14.0 Å². The molecular weight excluding hydrogens is 349 g/mol. The van der Waals surface area contributed by atoms with Crippen LogP contribution >= 0.6 is 0 Å². The van der Waals surface area contributed by atoms with Crippen molar-refractivity contribution < 1.29 is 14.0 Å². The smallest absolute Gasteiger partial charge is 0.241 e. The molecule has 0 aliphatic carbocycles.